The summed E-state index contributed by atoms with van der Waals surface area (Å²) in [6, 6.07) is 5.92. The lowest BCUT2D eigenvalue weighted by atomic mass is 9.91. The van der Waals surface area contributed by atoms with Gasteiger partial charge in [-0.15, -0.1) is 0 Å². The van der Waals surface area contributed by atoms with Crippen LogP contribution in [0.2, 0.25) is 0 Å². The van der Waals surface area contributed by atoms with Crippen molar-refractivity contribution in [2.45, 2.75) is 26.4 Å². The van der Waals surface area contributed by atoms with Crippen LogP contribution in [0, 0.1) is 19.8 Å². The second kappa shape index (κ2) is 4.42. The Kier molecular flexibility index (Phi) is 3.27. The van der Waals surface area contributed by atoms with Gasteiger partial charge in [-0.25, -0.2) is 8.42 Å². The van der Waals surface area contributed by atoms with Crippen molar-refractivity contribution in [2.24, 2.45) is 5.92 Å². The average molecular weight is 254 g/mol. The zero-order valence-electron chi connectivity index (χ0n) is 10.2. The molecule has 94 valence electrons. The van der Waals surface area contributed by atoms with E-state index in [4.69, 9.17) is 0 Å². The molecule has 0 radical (unpaired) electrons. The van der Waals surface area contributed by atoms with E-state index in [2.05, 4.69) is 0 Å². The Labute approximate surface area is 102 Å². The smallest absolute Gasteiger partial charge is 0.150 e. The van der Waals surface area contributed by atoms with Crippen molar-refractivity contribution < 1.29 is 13.5 Å². The van der Waals surface area contributed by atoms with Gasteiger partial charge >= 0.3 is 0 Å². The van der Waals surface area contributed by atoms with Crippen molar-refractivity contribution in [1.29, 1.82) is 0 Å². The van der Waals surface area contributed by atoms with Gasteiger partial charge < -0.3 is 5.11 Å². The summed E-state index contributed by atoms with van der Waals surface area (Å²) in [4.78, 5) is 0. The SMILES string of the molecule is Cc1ccc(C)c(C(O)C2CCS(=O)(=O)C2)c1. The highest BCUT2D eigenvalue weighted by Gasteiger charge is 2.33. The predicted octanol–water partition coefficient (Wildman–Crippen LogP) is 1.77. The first kappa shape index (κ1) is 12.6. The quantitative estimate of drug-likeness (QED) is 0.875. The molecule has 0 aliphatic carbocycles. The minimum absolute atomic E-state index is 0.113. The zero-order chi connectivity index (χ0) is 12.6. The molecule has 0 spiro atoms. The fraction of sp³-hybridized carbons (Fsp3) is 0.538. The maximum absolute atomic E-state index is 11.4. The van der Waals surface area contributed by atoms with Crippen LogP contribution < -0.4 is 0 Å². The number of rotatable bonds is 2. The van der Waals surface area contributed by atoms with Gasteiger partial charge in [0, 0.05) is 5.92 Å². The van der Waals surface area contributed by atoms with Crippen LogP contribution in [0.5, 0.6) is 0 Å². The second-order valence-corrected chi connectivity index (χ2v) is 7.20. The third-order valence-electron chi connectivity index (χ3n) is 3.47. The van der Waals surface area contributed by atoms with Gasteiger partial charge in [0.2, 0.25) is 0 Å². The minimum Gasteiger partial charge on any atom is -0.388 e. The molecule has 1 N–H and O–H groups in total. The number of hydrogen-bond acceptors (Lipinski definition) is 3. The molecular formula is C13H18O3S. The van der Waals surface area contributed by atoms with Crippen LogP contribution in [0.15, 0.2) is 18.2 Å². The van der Waals surface area contributed by atoms with Gasteiger partial charge in [-0.05, 0) is 31.4 Å². The molecule has 0 saturated carbocycles. The van der Waals surface area contributed by atoms with E-state index < -0.39 is 15.9 Å². The van der Waals surface area contributed by atoms with Crippen molar-refractivity contribution in [2.75, 3.05) is 11.5 Å². The fourth-order valence-corrected chi connectivity index (χ4v) is 4.24. The predicted molar refractivity (Wildman–Crippen MR) is 67.6 cm³/mol. The lowest BCUT2D eigenvalue weighted by molar-refractivity contribution is 0.120. The van der Waals surface area contributed by atoms with Crippen LogP contribution in [-0.2, 0) is 9.84 Å². The number of hydrogen-bond donors (Lipinski definition) is 1. The maximum Gasteiger partial charge on any atom is 0.150 e. The molecule has 2 atom stereocenters. The summed E-state index contributed by atoms with van der Waals surface area (Å²) in [6.45, 7) is 3.92. The molecule has 2 rings (SSSR count). The van der Waals surface area contributed by atoms with E-state index in [1.54, 1.807) is 0 Å². The van der Waals surface area contributed by atoms with E-state index in [9.17, 15) is 13.5 Å². The lowest BCUT2D eigenvalue weighted by Gasteiger charge is -2.19. The van der Waals surface area contributed by atoms with Gasteiger partial charge in [-0.2, -0.15) is 0 Å². The van der Waals surface area contributed by atoms with E-state index in [1.807, 2.05) is 32.0 Å². The first-order valence-electron chi connectivity index (χ1n) is 5.85. The highest BCUT2D eigenvalue weighted by atomic mass is 32.2. The summed E-state index contributed by atoms with van der Waals surface area (Å²) >= 11 is 0. The molecule has 3 nitrogen and oxygen atoms in total. The van der Waals surface area contributed by atoms with Crippen LogP contribution in [0.4, 0.5) is 0 Å². The van der Waals surface area contributed by atoms with Crippen LogP contribution in [-0.4, -0.2) is 25.0 Å². The van der Waals surface area contributed by atoms with Crippen LogP contribution in [0.1, 0.15) is 29.2 Å². The molecule has 0 aromatic heterocycles. The molecular weight excluding hydrogens is 236 g/mol. The van der Waals surface area contributed by atoms with Gasteiger partial charge in [0.15, 0.2) is 9.84 Å². The standard InChI is InChI=1S/C13H18O3S/c1-9-3-4-10(2)12(7-9)13(14)11-5-6-17(15,16)8-11/h3-4,7,11,13-14H,5-6,8H2,1-2H3. The van der Waals surface area contributed by atoms with Gasteiger partial charge in [0.05, 0.1) is 17.6 Å². The summed E-state index contributed by atoms with van der Waals surface area (Å²) in [7, 11) is -2.93. The number of aryl methyl sites for hydroxylation is 2. The summed E-state index contributed by atoms with van der Waals surface area (Å²) in [5.74, 6) is 0.168. The number of benzene rings is 1. The third-order valence-corrected chi connectivity index (χ3v) is 5.26. The normalized spacial score (nSPS) is 24.8. The van der Waals surface area contributed by atoms with Gasteiger partial charge in [-0.1, -0.05) is 23.8 Å². The van der Waals surface area contributed by atoms with Crippen molar-refractivity contribution in [3.8, 4) is 0 Å². The summed E-state index contributed by atoms with van der Waals surface area (Å²) in [5.41, 5.74) is 2.98. The molecule has 1 aromatic carbocycles. The maximum atomic E-state index is 11.4. The summed E-state index contributed by atoms with van der Waals surface area (Å²) < 4.78 is 22.8. The number of aliphatic hydroxyl groups is 1. The van der Waals surface area contributed by atoms with Crippen LogP contribution in [0.3, 0.4) is 0 Å². The Bertz CT molecular complexity index is 519. The monoisotopic (exact) mass is 254 g/mol. The van der Waals surface area contributed by atoms with E-state index in [0.29, 0.717) is 6.42 Å². The molecule has 1 aliphatic rings. The number of aliphatic hydroxyl groups excluding tert-OH is 1. The average Bonchev–Trinajstić information content (AvgIpc) is 2.61. The molecule has 17 heavy (non-hydrogen) atoms. The molecule has 2 unspecified atom stereocenters. The molecule has 1 heterocycles. The summed E-state index contributed by atoms with van der Waals surface area (Å²) in [6.07, 6.45) is -0.0937. The second-order valence-electron chi connectivity index (χ2n) is 4.97. The van der Waals surface area contributed by atoms with Crippen molar-refractivity contribution >= 4 is 9.84 Å². The van der Waals surface area contributed by atoms with Crippen LogP contribution in [0.25, 0.3) is 0 Å². The topological polar surface area (TPSA) is 54.4 Å². The Hall–Kier alpha value is -0.870. The highest BCUT2D eigenvalue weighted by molar-refractivity contribution is 7.91. The molecule has 1 saturated heterocycles. The van der Waals surface area contributed by atoms with Gasteiger partial charge in [-0.3, -0.25) is 0 Å². The Morgan fingerprint density at radius 2 is 2.06 bits per heavy atom. The van der Waals surface area contributed by atoms with E-state index in [-0.39, 0.29) is 17.4 Å². The van der Waals surface area contributed by atoms with Crippen LogP contribution >= 0.6 is 0 Å². The largest absolute Gasteiger partial charge is 0.388 e. The zero-order valence-corrected chi connectivity index (χ0v) is 11.0. The highest BCUT2D eigenvalue weighted by Crippen LogP contribution is 2.33. The number of sulfone groups is 1. The molecule has 1 fully saturated rings. The lowest BCUT2D eigenvalue weighted by Crippen LogP contribution is -2.15. The van der Waals surface area contributed by atoms with Crippen molar-refractivity contribution in [3.63, 3.8) is 0 Å². The Balaban J connectivity index is 2.26. The Morgan fingerprint density at radius 3 is 2.65 bits per heavy atom. The molecule has 0 amide bonds. The Morgan fingerprint density at radius 1 is 1.35 bits per heavy atom. The van der Waals surface area contributed by atoms with Gasteiger partial charge in [0.25, 0.3) is 0 Å². The fourth-order valence-electron chi connectivity index (χ4n) is 2.41. The molecule has 1 aliphatic heterocycles. The first-order chi connectivity index (χ1) is 7.89. The van der Waals surface area contributed by atoms with E-state index in [1.165, 1.54) is 0 Å². The van der Waals surface area contributed by atoms with Gasteiger partial charge in [0.1, 0.15) is 0 Å². The molecule has 4 heteroatoms. The molecule has 1 aromatic rings. The third kappa shape index (κ3) is 2.69. The van der Waals surface area contributed by atoms with E-state index >= 15 is 0 Å². The molecule has 0 bridgehead atoms. The van der Waals surface area contributed by atoms with Crippen molar-refractivity contribution in [1.82, 2.24) is 0 Å². The van der Waals surface area contributed by atoms with E-state index in [0.717, 1.165) is 16.7 Å². The van der Waals surface area contributed by atoms with Crippen molar-refractivity contribution in [3.05, 3.63) is 34.9 Å². The minimum atomic E-state index is -2.93. The summed E-state index contributed by atoms with van der Waals surface area (Å²) in [5, 5.41) is 10.3. The first-order valence-corrected chi connectivity index (χ1v) is 7.67.